The Morgan fingerprint density at radius 3 is 2.67 bits per heavy atom. The van der Waals surface area contributed by atoms with Gasteiger partial charge in [0, 0.05) is 18.9 Å². The molecule has 6 nitrogen and oxygen atoms in total. The van der Waals surface area contributed by atoms with Crippen molar-refractivity contribution in [3.8, 4) is 0 Å². The third-order valence-electron chi connectivity index (χ3n) is 2.45. The summed E-state index contributed by atoms with van der Waals surface area (Å²) in [4.78, 5) is 3.82. The molecule has 7 heteroatoms. The first kappa shape index (κ1) is 12.4. The van der Waals surface area contributed by atoms with Gasteiger partial charge in [-0.15, -0.1) is 0 Å². The molecule has 0 aliphatic rings. The second kappa shape index (κ2) is 4.34. The van der Waals surface area contributed by atoms with Crippen LogP contribution in [0.25, 0.3) is 0 Å². The summed E-state index contributed by atoms with van der Waals surface area (Å²) in [6, 6.07) is 4.98. The van der Waals surface area contributed by atoms with Crippen LogP contribution in [0.5, 0.6) is 0 Å². The lowest BCUT2D eigenvalue weighted by atomic mass is 10.2. The highest BCUT2D eigenvalue weighted by Crippen LogP contribution is 2.20. The van der Waals surface area contributed by atoms with Gasteiger partial charge >= 0.3 is 0 Å². The fourth-order valence-corrected chi connectivity index (χ4v) is 2.64. The number of aryl methyl sites for hydroxylation is 2. The Balaban J connectivity index is 2.33. The number of nitrogens with two attached hydrogens (primary N) is 1. The number of nitrogens with one attached hydrogen (secondary N) is 1. The van der Waals surface area contributed by atoms with Crippen LogP contribution in [0.15, 0.2) is 35.7 Å². The first-order chi connectivity index (χ1) is 8.38. The summed E-state index contributed by atoms with van der Waals surface area (Å²) in [5.41, 5.74) is 7.46. The number of nitrogens with zero attached hydrogens (tertiary/aromatic N) is 2. The quantitative estimate of drug-likeness (QED) is 0.814. The zero-order valence-corrected chi connectivity index (χ0v) is 10.9. The molecule has 1 aromatic heterocycles. The lowest BCUT2D eigenvalue weighted by Crippen LogP contribution is -2.14. The van der Waals surface area contributed by atoms with Gasteiger partial charge in [-0.05, 0) is 30.7 Å². The van der Waals surface area contributed by atoms with Gasteiger partial charge in [0.15, 0.2) is 5.03 Å². The number of benzene rings is 1. The molecule has 0 amide bonds. The third-order valence-corrected chi connectivity index (χ3v) is 3.70. The van der Waals surface area contributed by atoms with Crippen molar-refractivity contribution in [2.24, 2.45) is 7.05 Å². The molecule has 0 spiro atoms. The molecule has 0 saturated heterocycles. The van der Waals surface area contributed by atoms with Crippen LogP contribution < -0.4 is 10.5 Å². The van der Waals surface area contributed by atoms with Crippen molar-refractivity contribution in [2.75, 3.05) is 10.5 Å². The highest BCUT2D eigenvalue weighted by atomic mass is 32.2. The maximum atomic E-state index is 12.0. The van der Waals surface area contributed by atoms with E-state index in [4.69, 9.17) is 5.73 Å². The van der Waals surface area contributed by atoms with Gasteiger partial charge in [0.25, 0.3) is 10.0 Å². The summed E-state index contributed by atoms with van der Waals surface area (Å²) < 4.78 is 28.1. The minimum absolute atomic E-state index is 0.0128. The number of hydrogen-bond acceptors (Lipinski definition) is 4. The summed E-state index contributed by atoms with van der Waals surface area (Å²) in [6.45, 7) is 1.78. The number of rotatable bonds is 3. The van der Waals surface area contributed by atoms with Crippen molar-refractivity contribution in [1.82, 2.24) is 9.55 Å². The largest absolute Gasteiger partial charge is 0.399 e. The van der Waals surface area contributed by atoms with Crippen molar-refractivity contribution in [3.63, 3.8) is 0 Å². The fraction of sp³-hybridized carbons (Fsp3) is 0.182. The highest BCUT2D eigenvalue weighted by molar-refractivity contribution is 7.92. The Morgan fingerprint density at radius 1 is 1.39 bits per heavy atom. The zero-order valence-electron chi connectivity index (χ0n) is 10.1. The molecule has 0 saturated carbocycles. The van der Waals surface area contributed by atoms with Crippen molar-refractivity contribution < 1.29 is 8.42 Å². The zero-order chi connectivity index (χ0) is 13.3. The summed E-state index contributed by atoms with van der Waals surface area (Å²) in [6.07, 6.45) is 2.87. The van der Waals surface area contributed by atoms with E-state index in [1.165, 1.54) is 12.5 Å². The molecule has 2 aromatic rings. The van der Waals surface area contributed by atoms with Crippen molar-refractivity contribution >= 4 is 21.4 Å². The highest BCUT2D eigenvalue weighted by Gasteiger charge is 2.17. The Morgan fingerprint density at radius 2 is 2.11 bits per heavy atom. The molecule has 0 bridgehead atoms. The van der Waals surface area contributed by atoms with Crippen molar-refractivity contribution in [2.45, 2.75) is 11.9 Å². The van der Waals surface area contributed by atoms with Gasteiger partial charge in [0.05, 0.1) is 12.0 Å². The molecular weight excluding hydrogens is 252 g/mol. The molecule has 1 aromatic carbocycles. The minimum atomic E-state index is -3.65. The molecule has 0 fully saturated rings. The second-order valence-corrected chi connectivity index (χ2v) is 5.69. The van der Waals surface area contributed by atoms with Crippen LogP contribution in [0, 0.1) is 6.92 Å². The molecular formula is C11H14N4O2S. The van der Waals surface area contributed by atoms with Gasteiger partial charge in [0.1, 0.15) is 0 Å². The lowest BCUT2D eigenvalue weighted by molar-refractivity contribution is 0.598. The molecule has 0 aliphatic carbocycles. The molecule has 2 rings (SSSR count). The monoisotopic (exact) mass is 266 g/mol. The van der Waals surface area contributed by atoms with Crippen LogP contribution >= 0.6 is 0 Å². The Labute approximate surface area is 106 Å². The van der Waals surface area contributed by atoms with Gasteiger partial charge in [-0.3, -0.25) is 4.72 Å². The van der Waals surface area contributed by atoms with E-state index in [1.807, 2.05) is 0 Å². The van der Waals surface area contributed by atoms with Crippen LogP contribution in [0.2, 0.25) is 0 Å². The molecule has 0 unspecified atom stereocenters. The average Bonchev–Trinajstić information content (AvgIpc) is 2.70. The van der Waals surface area contributed by atoms with Crippen LogP contribution in [0.1, 0.15) is 5.56 Å². The Hall–Kier alpha value is -2.02. The molecule has 1 heterocycles. The van der Waals surface area contributed by atoms with Crippen LogP contribution in [0.3, 0.4) is 0 Å². The number of aromatic nitrogens is 2. The first-order valence-corrected chi connectivity index (χ1v) is 6.74. The van der Waals surface area contributed by atoms with Crippen LogP contribution in [0.4, 0.5) is 11.4 Å². The number of hydrogen-bond donors (Lipinski definition) is 2. The van der Waals surface area contributed by atoms with E-state index in [0.29, 0.717) is 11.4 Å². The summed E-state index contributed by atoms with van der Waals surface area (Å²) >= 11 is 0. The van der Waals surface area contributed by atoms with E-state index >= 15 is 0 Å². The van der Waals surface area contributed by atoms with Gasteiger partial charge in [0.2, 0.25) is 0 Å². The number of anilines is 2. The standard InChI is InChI=1S/C11H14N4O2S/c1-8-5-9(12)3-4-10(8)14-18(16,17)11-6-15(2)7-13-11/h3-7,14H,12H2,1-2H3. The van der Waals surface area contributed by atoms with Gasteiger partial charge in [-0.1, -0.05) is 0 Å². The molecule has 96 valence electrons. The van der Waals surface area contributed by atoms with E-state index in [0.717, 1.165) is 5.56 Å². The van der Waals surface area contributed by atoms with Gasteiger partial charge < -0.3 is 10.3 Å². The lowest BCUT2D eigenvalue weighted by Gasteiger charge is -2.09. The molecule has 18 heavy (non-hydrogen) atoms. The maximum absolute atomic E-state index is 12.0. The smallest absolute Gasteiger partial charge is 0.280 e. The van der Waals surface area contributed by atoms with E-state index in [1.54, 1.807) is 36.7 Å². The Kier molecular flexibility index (Phi) is 3.00. The summed E-state index contributed by atoms with van der Waals surface area (Å²) in [5, 5.41) is -0.0128. The number of nitrogen functional groups attached to an aromatic ring is 1. The minimum Gasteiger partial charge on any atom is -0.399 e. The van der Waals surface area contributed by atoms with Crippen molar-refractivity contribution in [3.05, 3.63) is 36.3 Å². The molecule has 3 N–H and O–H groups in total. The summed E-state index contributed by atoms with van der Waals surface area (Å²) in [7, 11) is -1.94. The van der Waals surface area contributed by atoms with Crippen molar-refractivity contribution in [1.29, 1.82) is 0 Å². The SMILES string of the molecule is Cc1cc(N)ccc1NS(=O)(=O)c1cn(C)cn1. The topological polar surface area (TPSA) is 90.0 Å². The predicted molar refractivity (Wildman–Crippen MR) is 69.6 cm³/mol. The average molecular weight is 266 g/mol. The third kappa shape index (κ3) is 2.45. The Bertz CT molecular complexity index is 676. The summed E-state index contributed by atoms with van der Waals surface area (Å²) in [5.74, 6) is 0. The van der Waals surface area contributed by atoms with E-state index in [-0.39, 0.29) is 5.03 Å². The second-order valence-electron chi connectivity index (χ2n) is 4.06. The maximum Gasteiger partial charge on any atom is 0.280 e. The van der Waals surface area contributed by atoms with E-state index in [9.17, 15) is 8.42 Å². The predicted octanol–water partition coefficient (Wildman–Crippen LogP) is 1.11. The normalized spacial score (nSPS) is 11.4. The number of sulfonamides is 1. The van der Waals surface area contributed by atoms with E-state index < -0.39 is 10.0 Å². The molecule has 0 radical (unpaired) electrons. The van der Waals surface area contributed by atoms with Crippen LogP contribution in [-0.2, 0) is 17.1 Å². The first-order valence-electron chi connectivity index (χ1n) is 5.25. The van der Waals surface area contributed by atoms with E-state index in [2.05, 4.69) is 9.71 Å². The van der Waals surface area contributed by atoms with Crippen LogP contribution in [-0.4, -0.2) is 18.0 Å². The number of imidazole rings is 1. The van der Waals surface area contributed by atoms with Gasteiger partial charge in [-0.25, -0.2) is 4.98 Å². The molecule has 0 aliphatic heterocycles. The fourth-order valence-electron chi connectivity index (χ4n) is 1.53. The van der Waals surface area contributed by atoms with Gasteiger partial charge in [-0.2, -0.15) is 8.42 Å². The molecule has 0 atom stereocenters.